The SMILES string of the molecule is Cc1cccc(NC(=O)c2c(-c3ccccc3)c(-c3ccccc3)n[nH]c2=O)c1. The minimum absolute atomic E-state index is 0.0339. The summed E-state index contributed by atoms with van der Waals surface area (Å²) in [6.45, 7) is 1.94. The second kappa shape index (κ2) is 7.94. The molecule has 0 unspecified atom stereocenters. The maximum absolute atomic E-state index is 13.2. The van der Waals surface area contributed by atoms with Crippen LogP contribution in [0.4, 0.5) is 5.69 Å². The number of carbonyl (C=O) groups is 1. The molecule has 1 aromatic heterocycles. The maximum Gasteiger partial charge on any atom is 0.277 e. The van der Waals surface area contributed by atoms with Gasteiger partial charge in [-0.2, -0.15) is 5.10 Å². The Balaban J connectivity index is 1.91. The lowest BCUT2D eigenvalue weighted by Gasteiger charge is -2.14. The van der Waals surface area contributed by atoms with Crippen molar-refractivity contribution in [2.45, 2.75) is 6.92 Å². The van der Waals surface area contributed by atoms with Crippen molar-refractivity contribution in [1.29, 1.82) is 0 Å². The number of rotatable bonds is 4. The first kappa shape index (κ1) is 18.4. The Hall–Kier alpha value is -3.99. The molecule has 5 nitrogen and oxygen atoms in total. The van der Waals surface area contributed by atoms with Crippen molar-refractivity contribution in [3.63, 3.8) is 0 Å². The molecule has 4 rings (SSSR count). The Morgan fingerprint density at radius 1 is 0.862 bits per heavy atom. The lowest BCUT2D eigenvalue weighted by molar-refractivity contribution is 0.102. The van der Waals surface area contributed by atoms with Gasteiger partial charge in [0.25, 0.3) is 11.5 Å². The van der Waals surface area contributed by atoms with Gasteiger partial charge in [-0.3, -0.25) is 9.59 Å². The molecule has 0 aliphatic carbocycles. The molecule has 0 saturated heterocycles. The average Bonchev–Trinajstić information content (AvgIpc) is 2.74. The van der Waals surface area contributed by atoms with E-state index in [1.807, 2.05) is 85.8 Å². The summed E-state index contributed by atoms with van der Waals surface area (Å²) < 4.78 is 0. The highest BCUT2D eigenvalue weighted by Crippen LogP contribution is 2.31. The van der Waals surface area contributed by atoms with Gasteiger partial charge in [-0.25, -0.2) is 5.10 Å². The summed E-state index contributed by atoms with van der Waals surface area (Å²) in [5.74, 6) is -0.477. The summed E-state index contributed by atoms with van der Waals surface area (Å²) in [5, 5.41) is 9.60. The van der Waals surface area contributed by atoms with E-state index >= 15 is 0 Å². The zero-order chi connectivity index (χ0) is 20.2. The van der Waals surface area contributed by atoms with Gasteiger partial charge in [-0.15, -0.1) is 0 Å². The summed E-state index contributed by atoms with van der Waals surface area (Å²) in [4.78, 5) is 25.9. The lowest BCUT2D eigenvalue weighted by Crippen LogP contribution is -2.26. The van der Waals surface area contributed by atoms with E-state index in [4.69, 9.17) is 0 Å². The lowest BCUT2D eigenvalue weighted by atomic mass is 9.95. The number of benzene rings is 3. The van der Waals surface area contributed by atoms with Crippen molar-refractivity contribution in [1.82, 2.24) is 10.2 Å². The van der Waals surface area contributed by atoms with Gasteiger partial charge in [0.15, 0.2) is 0 Å². The molecule has 142 valence electrons. The van der Waals surface area contributed by atoms with E-state index in [1.54, 1.807) is 6.07 Å². The van der Waals surface area contributed by atoms with Crippen LogP contribution in [0.15, 0.2) is 89.7 Å². The number of aromatic nitrogens is 2. The van der Waals surface area contributed by atoms with Crippen LogP contribution in [0, 0.1) is 6.92 Å². The number of aromatic amines is 1. The number of carbonyl (C=O) groups excluding carboxylic acids is 1. The first-order chi connectivity index (χ1) is 14.1. The topological polar surface area (TPSA) is 74.8 Å². The first-order valence-corrected chi connectivity index (χ1v) is 9.25. The van der Waals surface area contributed by atoms with Crippen molar-refractivity contribution in [2.24, 2.45) is 0 Å². The number of amides is 1. The van der Waals surface area contributed by atoms with Gasteiger partial charge in [0.1, 0.15) is 5.56 Å². The molecule has 0 radical (unpaired) electrons. The third-order valence-corrected chi connectivity index (χ3v) is 4.60. The molecule has 0 spiro atoms. The van der Waals surface area contributed by atoms with Crippen LogP contribution >= 0.6 is 0 Å². The van der Waals surface area contributed by atoms with E-state index in [0.29, 0.717) is 16.9 Å². The van der Waals surface area contributed by atoms with E-state index in [0.717, 1.165) is 16.7 Å². The standard InChI is InChI=1S/C24H19N3O2/c1-16-9-8-14-19(15-16)25-23(28)21-20(17-10-4-2-5-11-17)22(26-27-24(21)29)18-12-6-3-7-13-18/h2-15H,1H3,(H,25,28)(H,27,29). The van der Waals surface area contributed by atoms with Crippen molar-refractivity contribution in [3.05, 3.63) is 106 Å². The third-order valence-electron chi connectivity index (χ3n) is 4.60. The van der Waals surface area contributed by atoms with Crippen LogP contribution in [0.25, 0.3) is 22.4 Å². The zero-order valence-electron chi connectivity index (χ0n) is 15.8. The Morgan fingerprint density at radius 2 is 1.52 bits per heavy atom. The van der Waals surface area contributed by atoms with Gasteiger partial charge < -0.3 is 5.32 Å². The molecule has 2 N–H and O–H groups in total. The summed E-state index contributed by atoms with van der Waals surface area (Å²) in [6.07, 6.45) is 0. The van der Waals surface area contributed by atoms with Gasteiger partial charge in [0.05, 0.1) is 5.69 Å². The van der Waals surface area contributed by atoms with Gasteiger partial charge in [0, 0.05) is 16.8 Å². The van der Waals surface area contributed by atoms with Gasteiger partial charge in [-0.1, -0.05) is 72.8 Å². The summed E-state index contributed by atoms with van der Waals surface area (Å²) in [6, 6.07) is 26.3. The molecule has 4 aromatic rings. The molecule has 0 saturated carbocycles. The molecule has 0 bridgehead atoms. The van der Waals surface area contributed by atoms with Gasteiger partial charge in [0.2, 0.25) is 0 Å². The van der Waals surface area contributed by atoms with Crippen LogP contribution in [0.5, 0.6) is 0 Å². The Morgan fingerprint density at radius 3 is 2.17 bits per heavy atom. The van der Waals surface area contributed by atoms with Crippen LogP contribution in [0.1, 0.15) is 15.9 Å². The van der Waals surface area contributed by atoms with Crippen LogP contribution in [-0.4, -0.2) is 16.1 Å². The highest BCUT2D eigenvalue weighted by Gasteiger charge is 2.23. The summed E-state index contributed by atoms with van der Waals surface area (Å²) in [7, 11) is 0. The normalized spacial score (nSPS) is 10.5. The fourth-order valence-electron chi connectivity index (χ4n) is 3.27. The van der Waals surface area contributed by atoms with Crippen LogP contribution in [-0.2, 0) is 0 Å². The van der Waals surface area contributed by atoms with E-state index in [2.05, 4.69) is 15.5 Å². The van der Waals surface area contributed by atoms with Crippen molar-refractivity contribution < 1.29 is 4.79 Å². The minimum atomic E-state index is -0.534. The van der Waals surface area contributed by atoms with E-state index < -0.39 is 11.5 Å². The molecular weight excluding hydrogens is 362 g/mol. The predicted molar refractivity (Wildman–Crippen MR) is 115 cm³/mol. The molecule has 0 atom stereocenters. The number of H-pyrrole nitrogens is 1. The Bertz CT molecular complexity index is 1220. The summed E-state index contributed by atoms with van der Waals surface area (Å²) >= 11 is 0. The van der Waals surface area contributed by atoms with Gasteiger partial charge in [-0.05, 0) is 30.2 Å². The van der Waals surface area contributed by atoms with Crippen LogP contribution in [0.2, 0.25) is 0 Å². The van der Waals surface area contributed by atoms with Crippen molar-refractivity contribution in [3.8, 4) is 22.4 Å². The number of hydrogen-bond acceptors (Lipinski definition) is 3. The highest BCUT2D eigenvalue weighted by molar-refractivity contribution is 6.10. The molecular formula is C24H19N3O2. The number of nitrogens with zero attached hydrogens (tertiary/aromatic N) is 1. The molecule has 1 heterocycles. The van der Waals surface area contributed by atoms with Gasteiger partial charge >= 0.3 is 0 Å². The molecule has 0 fully saturated rings. The quantitative estimate of drug-likeness (QED) is 0.540. The Labute approximate surface area is 168 Å². The largest absolute Gasteiger partial charge is 0.322 e. The fraction of sp³-hybridized carbons (Fsp3) is 0.0417. The monoisotopic (exact) mass is 381 g/mol. The number of aryl methyl sites for hydroxylation is 1. The molecule has 0 aliphatic rings. The smallest absolute Gasteiger partial charge is 0.277 e. The third kappa shape index (κ3) is 3.84. The van der Waals surface area contributed by atoms with E-state index in [1.165, 1.54) is 0 Å². The van der Waals surface area contributed by atoms with Crippen molar-refractivity contribution in [2.75, 3.05) is 5.32 Å². The Kier molecular flexibility index (Phi) is 5.03. The van der Waals surface area contributed by atoms with Crippen molar-refractivity contribution >= 4 is 11.6 Å². The average molecular weight is 381 g/mol. The first-order valence-electron chi connectivity index (χ1n) is 9.25. The van der Waals surface area contributed by atoms with Crippen LogP contribution in [0.3, 0.4) is 0 Å². The molecule has 5 heteroatoms. The second-order valence-electron chi connectivity index (χ2n) is 6.71. The highest BCUT2D eigenvalue weighted by atomic mass is 16.2. The molecule has 29 heavy (non-hydrogen) atoms. The maximum atomic E-state index is 13.2. The number of nitrogens with one attached hydrogen (secondary N) is 2. The number of anilines is 1. The fourth-order valence-corrected chi connectivity index (χ4v) is 3.27. The predicted octanol–water partition coefficient (Wildman–Crippen LogP) is 4.66. The zero-order valence-corrected chi connectivity index (χ0v) is 15.8. The second-order valence-corrected chi connectivity index (χ2v) is 6.71. The van der Waals surface area contributed by atoms with E-state index in [9.17, 15) is 9.59 Å². The minimum Gasteiger partial charge on any atom is -0.322 e. The molecule has 3 aromatic carbocycles. The summed E-state index contributed by atoms with van der Waals surface area (Å²) in [5.41, 5.74) is 3.76. The molecule has 1 amide bonds. The molecule has 0 aliphatic heterocycles. The number of hydrogen-bond donors (Lipinski definition) is 2. The van der Waals surface area contributed by atoms with E-state index in [-0.39, 0.29) is 5.56 Å². The van der Waals surface area contributed by atoms with Crippen LogP contribution < -0.4 is 10.9 Å².